The molecular weight excluding hydrogens is 248 g/mol. The number of rotatable bonds is 2. The van der Waals surface area contributed by atoms with Crippen LogP contribution in [0.2, 0.25) is 0 Å². The number of aromatic carboxylic acids is 1. The van der Waals surface area contributed by atoms with Crippen LogP contribution in [0.1, 0.15) is 22.3 Å². The van der Waals surface area contributed by atoms with Crippen molar-refractivity contribution in [2.45, 2.75) is 6.42 Å². The summed E-state index contributed by atoms with van der Waals surface area (Å²) in [6.45, 7) is -0.0153. The highest BCUT2D eigenvalue weighted by Crippen LogP contribution is 2.15. The average Bonchev–Trinajstić information content (AvgIpc) is 2.38. The van der Waals surface area contributed by atoms with E-state index in [0.717, 1.165) is 0 Å². The van der Waals surface area contributed by atoms with Crippen LogP contribution in [-0.4, -0.2) is 22.8 Å². The molecule has 0 aliphatic carbocycles. The SMILES string of the molecule is O=C(O)c1cc2cc(C#CCCO)ccc2oc1=O. The monoisotopic (exact) mass is 258 g/mol. The standard InChI is InChI=1S/C14H10O5/c15-6-2-1-3-9-4-5-12-10(7-9)8-11(13(16)17)14(18)19-12/h4-5,7-8,15H,2,6H2,(H,16,17). The number of hydrogen-bond acceptors (Lipinski definition) is 4. The summed E-state index contributed by atoms with van der Waals surface area (Å²) in [5.74, 6) is 4.25. The number of benzene rings is 1. The fourth-order valence-electron chi connectivity index (χ4n) is 1.57. The highest BCUT2D eigenvalue weighted by atomic mass is 16.4. The zero-order valence-electron chi connectivity index (χ0n) is 9.84. The number of aliphatic hydroxyl groups excluding tert-OH is 1. The maximum Gasteiger partial charge on any atom is 0.351 e. The minimum Gasteiger partial charge on any atom is -0.477 e. The van der Waals surface area contributed by atoms with Gasteiger partial charge >= 0.3 is 11.6 Å². The Bertz CT molecular complexity index is 746. The fraction of sp³-hybridized carbons (Fsp3) is 0.143. The topological polar surface area (TPSA) is 87.7 Å². The second-order valence-corrected chi connectivity index (χ2v) is 3.78. The van der Waals surface area contributed by atoms with Crippen molar-refractivity contribution in [3.05, 3.63) is 45.8 Å². The van der Waals surface area contributed by atoms with Gasteiger partial charge in [-0.2, -0.15) is 0 Å². The Balaban J connectivity index is 2.53. The summed E-state index contributed by atoms with van der Waals surface area (Å²) < 4.78 is 4.91. The summed E-state index contributed by atoms with van der Waals surface area (Å²) in [7, 11) is 0. The number of carboxylic acids is 1. The summed E-state index contributed by atoms with van der Waals surface area (Å²) in [6.07, 6.45) is 0.363. The molecule has 0 spiro atoms. The Morgan fingerprint density at radius 3 is 2.79 bits per heavy atom. The molecule has 96 valence electrons. The van der Waals surface area contributed by atoms with Crippen molar-refractivity contribution in [3.63, 3.8) is 0 Å². The fourth-order valence-corrected chi connectivity index (χ4v) is 1.57. The summed E-state index contributed by atoms with van der Waals surface area (Å²) in [5.41, 5.74) is -0.319. The second kappa shape index (κ2) is 5.38. The molecular formula is C14H10O5. The van der Waals surface area contributed by atoms with Gasteiger partial charge in [0, 0.05) is 17.4 Å². The molecule has 0 bridgehead atoms. The lowest BCUT2D eigenvalue weighted by Gasteiger charge is -1.99. The lowest BCUT2D eigenvalue weighted by molar-refractivity contribution is 0.0692. The van der Waals surface area contributed by atoms with E-state index in [1.54, 1.807) is 18.2 Å². The zero-order valence-corrected chi connectivity index (χ0v) is 9.84. The molecule has 0 aliphatic rings. The van der Waals surface area contributed by atoms with Crippen molar-refractivity contribution >= 4 is 16.9 Å². The zero-order chi connectivity index (χ0) is 13.8. The van der Waals surface area contributed by atoms with Crippen molar-refractivity contribution < 1.29 is 19.4 Å². The van der Waals surface area contributed by atoms with Crippen LogP contribution in [0.3, 0.4) is 0 Å². The Hall–Kier alpha value is -2.58. The summed E-state index contributed by atoms with van der Waals surface area (Å²) >= 11 is 0. The molecule has 19 heavy (non-hydrogen) atoms. The van der Waals surface area contributed by atoms with Gasteiger partial charge in [0.2, 0.25) is 0 Å². The highest BCUT2D eigenvalue weighted by Gasteiger charge is 2.11. The van der Waals surface area contributed by atoms with Crippen molar-refractivity contribution in [1.82, 2.24) is 0 Å². The van der Waals surface area contributed by atoms with Gasteiger partial charge in [-0.15, -0.1) is 0 Å². The van der Waals surface area contributed by atoms with Crippen molar-refractivity contribution in [2.75, 3.05) is 6.61 Å². The Labute approximate surface area is 108 Å². The second-order valence-electron chi connectivity index (χ2n) is 3.78. The minimum absolute atomic E-state index is 0.0153. The number of aliphatic hydroxyl groups is 1. The van der Waals surface area contributed by atoms with E-state index in [1.807, 2.05) is 0 Å². The van der Waals surface area contributed by atoms with E-state index in [9.17, 15) is 9.59 Å². The largest absolute Gasteiger partial charge is 0.477 e. The van der Waals surface area contributed by atoms with Crippen LogP contribution in [-0.2, 0) is 0 Å². The summed E-state index contributed by atoms with van der Waals surface area (Å²) in [4.78, 5) is 22.2. The van der Waals surface area contributed by atoms with E-state index >= 15 is 0 Å². The van der Waals surface area contributed by atoms with Gasteiger partial charge in [0.15, 0.2) is 0 Å². The molecule has 0 unspecified atom stereocenters. The van der Waals surface area contributed by atoms with Crippen LogP contribution < -0.4 is 5.63 Å². The van der Waals surface area contributed by atoms with Crippen LogP contribution in [0.5, 0.6) is 0 Å². The molecule has 1 aromatic carbocycles. The van der Waals surface area contributed by atoms with Crippen LogP contribution in [0.25, 0.3) is 11.0 Å². The van der Waals surface area contributed by atoms with Gasteiger partial charge in [0.1, 0.15) is 11.1 Å². The van der Waals surface area contributed by atoms with Gasteiger partial charge in [-0.3, -0.25) is 0 Å². The first kappa shape index (κ1) is 12.9. The quantitative estimate of drug-likeness (QED) is 0.624. The Morgan fingerprint density at radius 2 is 2.11 bits per heavy atom. The van der Waals surface area contributed by atoms with Crippen LogP contribution >= 0.6 is 0 Å². The smallest absolute Gasteiger partial charge is 0.351 e. The molecule has 1 heterocycles. The van der Waals surface area contributed by atoms with E-state index in [-0.39, 0.29) is 6.61 Å². The lowest BCUT2D eigenvalue weighted by Crippen LogP contribution is -2.12. The predicted molar refractivity (Wildman–Crippen MR) is 68.0 cm³/mol. The van der Waals surface area contributed by atoms with E-state index in [4.69, 9.17) is 14.6 Å². The molecule has 0 aliphatic heterocycles. The third-order valence-electron chi connectivity index (χ3n) is 2.43. The first-order valence-electron chi connectivity index (χ1n) is 5.53. The molecule has 0 atom stereocenters. The van der Waals surface area contributed by atoms with E-state index < -0.39 is 17.2 Å². The maximum absolute atomic E-state index is 11.4. The third-order valence-corrected chi connectivity index (χ3v) is 2.43. The predicted octanol–water partition coefficient (Wildman–Crippen LogP) is 1.23. The van der Waals surface area contributed by atoms with E-state index in [0.29, 0.717) is 23.0 Å². The number of fused-ring (bicyclic) bond motifs is 1. The van der Waals surface area contributed by atoms with Gasteiger partial charge in [0.25, 0.3) is 0 Å². The molecule has 2 aromatic rings. The van der Waals surface area contributed by atoms with Crippen LogP contribution in [0, 0.1) is 11.8 Å². The number of hydrogen-bond donors (Lipinski definition) is 2. The molecule has 5 nitrogen and oxygen atoms in total. The number of carboxylic acid groups (broad SMARTS) is 1. The molecule has 2 N–H and O–H groups in total. The average molecular weight is 258 g/mol. The minimum atomic E-state index is -1.33. The van der Waals surface area contributed by atoms with Gasteiger partial charge in [0.05, 0.1) is 6.61 Å². The molecule has 0 fully saturated rings. The van der Waals surface area contributed by atoms with Crippen molar-refractivity contribution in [2.24, 2.45) is 0 Å². The van der Waals surface area contributed by atoms with Gasteiger partial charge < -0.3 is 14.6 Å². The van der Waals surface area contributed by atoms with Crippen LogP contribution in [0.15, 0.2) is 33.5 Å². The normalized spacial score (nSPS) is 9.95. The maximum atomic E-state index is 11.4. The highest BCUT2D eigenvalue weighted by molar-refractivity contribution is 5.91. The summed E-state index contributed by atoms with van der Waals surface area (Å²) in [6, 6.07) is 6.12. The van der Waals surface area contributed by atoms with E-state index in [2.05, 4.69) is 11.8 Å². The van der Waals surface area contributed by atoms with Gasteiger partial charge in [-0.25, -0.2) is 9.59 Å². The molecule has 0 amide bonds. The number of carbonyl (C=O) groups is 1. The molecule has 5 heteroatoms. The molecule has 1 aromatic heterocycles. The van der Waals surface area contributed by atoms with Crippen molar-refractivity contribution in [1.29, 1.82) is 0 Å². The van der Waals surface area contributed by atoms with Crippen molar-refractivity contribution in [3.8, 4) is 11.8 Å². The molecule has 0 saturated heterocycles. The van der Waals surface area contributed by atoms with Gasteiger partial charge in [-0.05, 0) is 24.3 Å². The Kier molecular flexibility index (Phi) is 3.64. The first-order valence-corrected chi connectivity index (χ1v) is 5.53. The Morgan fingerprint density at radius 1 is 1.32 bits per heavy atom. The van der Waals surface area contributed by atoms with Gasteiger partial charge in [-0.1, -0.05) is 11.8 Å². The van der Waals surface area contributed by atoms with E-state index in [1.165, 1.54) is 6.07 Å². The van der Waals surface area contributed by atoms with Crippen LogP contribution in [0.4, 0.5) is 0 Å². The summed E-state index contributed by atoms with van der Waals surface area (Å²) in [5, 5.41) is 18.0. The third kappa shape index (κ3) is 2.81. The molecule has 0 radical (unpaired) electrons. The molecule has 0 saturated carbocycles. The first-order chi connectivity index (χ1) is 9.11. The molecule has 2 rings (SSSR count). The lowest BCUT2D eigenvalue weighted by atomic mass is 10.1.